The van der Waals surface area contributed by atoms with E-state index in [1.807, 2.05) is 43.3 Å². The summed E-state index contributed by atoms with van der Waals surface area (Å²) in [5.41, 5.74) is 2.82. The number of rotatable bonds is 11. The van der Waals surface area contributed by atoms with Crippen LogP contribution in [0.3, 0.4) is 0 Å². The predicted octanol–water partition coefficient (Wildman–Crippen LogP) is 5.37. The minimum atomic E-state index is -3.68. The lowest BCUT2D eigenvalue weighted by atomic mass is 10.1. The van der Waals surface area contributed by atoms with E-state index in [4.69, 9.17) is 37.8 Å². The van der Waals surface area contributed by atoms with Gasteiger partial charge in [0.2, 0.25) is 10.0 Å². The van der Waals surface area contributed by atoms with Crippen molar-refractivity contribution in [2.75, 3.05) is 13.2 Å². The van der Waals surface area contributed by atoms with E-state index in [0.29, 0.717) is 41.2 Å². The first-order chi connectivity index (χ1) is 15.8. The summed E-state index contributed by atoms with van der Waals surface area (Å²) >= 11 is 12.7. The van der Waals surface area contributed by atoms with Gasteiger partial charge in [0.05, 0.1) is 16.5 Å². The van der Waals surface area contributed by atoms with Crippen molar-refractivity contribution in [3.63, 3.8) is 0 Å². The van der Waals surface area contributed by atoms with Gasteiger partial charge in [-0.25, -0.2) is 13.6 Å². The van der Waals surface area contributed by atoms with Crippen molar-refractivity contribution in [2.24, 2.45) is 5.14 Å². The summed E-state index contributed by atoms with van der Waals surface area (Å²) in [7, 11) is -3.68. The number of hydrogen-bond donors (Lipinski definition) is 2. The standard InChI is InChI=1S/C24H26Cl2N2O4S.ClH/c1-2-31-23-14-18(13-22(26)24(23)32-16-19-5-3-4-6-21(19)25)15-28-12-11-17-7-9-20(10-8-17)33(27,29)30;/h3-10,13-14,28H,2,11-12,15-16H2,1H3,(H2,27,29,30);1H. The van der Waals surface area contributed by atoms with Gasteiger partial charge in [0, 0.05) is 17.1 Å². The molecule has 0 spiro atoms. The minimum Gasteiger partial charge on any atom is -0.490 e. The van der Waals surface area contributed by atoms with Crippen molar-refractivity contribution in [2.45, 2.75) is 31.4 Å². The molecular weight excluding hydrogens is 519 g/mol. The van der Waals surface area contributed by atoms with Crippen molar-refractivity contribution in [1.82, 2.24) is 5.32 Å². The fourth-order valence-corrected chi connectivity index (χ4v) is 4.20. The van der Waals surface area contributed by atoms with Crippen molar-refractivity contribution in [3.05, 3.63) is 87.4 Å². The first-order valence-corrected chi connectivity index (χ1v) is 12.7. The highest BCUT2D eigenvalue weighted by atomic mass is 35.5. The molecule has 0 bridgehead atoms. The minimum absolute atomic E-state index is 0. The van der Waals surface area contributed by atoms with E-state index in [1.54, 1.807) is 12.1 Å². The lowest BCUT2D eigenvalue weighted by Gasteiger charge is -2.16. The summed E-state index contributed by atoms with van der Waals surface area (Å²) in [5.74, 6) is 1.06. The van der Waals surface area contributed by atoms with Gasteiger partial charge in [-0.1, -0.05) is 53.5 Å². The molecule has 184 valence electrons. The molecule has 0 aliphatic carbocycles. The number of primary sulfonamides is 1. The number of halogens is 3. The molecular formula is C24H27Cl3N2O4S. The van der Waals surface area contributed by atoms with Crippen LogP contribution < -0.4 is 19.9 Å². The number of nitrogens with two attached hydrogens (primary N) is 1. The topological polar surface area (TPSA) is 90.6 Å². The third-order valence-corrected chi connectivity index (χ3v) is 6.45. The monoisotopic (exact) mass is 544 g/mol. The molecule has 0 fully saturated rings. The zero-order chi connectivity index (χ0) is 23.8. The Kier molecular flexibility index (Phi) is 11.0. The van der Waals surface area contributed by atoms with Gasteiger partial charge in [-0.15, -0.1) is 12.4 Å². The third kappa shape index (κ3) is 8.05. The highest BCUT2D eigenvalue weighted by Crippen LogP contribution is 2.37. The van der Waals surface area contributed by atoms with Gasteiger partial charge in [0.15, 0.2) is 11.5 Å². The molecule has 0 saturated heterocycles. The average Bonchev–Trinajstić information content (AvgIpc) is 2.77. The van der Waals surface area contributed by atoms with Gasteiger partial charge in [0.25, 0.3) is 0 Å². The van der Waals surface area contributed by atoms with Gasteiger partial charge < -0.3 is 14.8 Å². The Morgan fingerprint density at radius 3 is 2.29 bits per heavy atom. The normalized spacial score (nSPS) is 11.1. The van der Waals surface area contributed by atoms with Crippen LogP contribution in [0.1, 0.15) is 23.6 Å². The van der Waals surface area contributed by atoms with E-state index < -0.39 is 10.0 Å². The highest BCUT2D eigenvalue weighted by molar-refractivity contribution is 7.89. The number of sulfonamides is 1. The van der Waals surface area contributed by atoms with Crippen LogP contribution in [0.15, 0.2) is 65.6 Å². The average molecular weight is 546 g/mol. The maximum atomic E-state index is 11.3. The molecule has 3 rings (SSSR count). The smallest absolute Gasteiger partial charge is 0.238 e. The Hall–Kier alpha value is -2.00. The molecule has 0 radical (unpaired) electrons. The van der Waals surface area contributed by atoms with E-state index in [9.17, 15) is 8.42 Å². The summed E-state index contributed by atoms with van der Waals surface area (Å²) in [6.07, 6.45) is 0.732. The third-order valence-electron chi connectivity index (χ3n) is 4.87. The summed E-state index contributed by atoms with van der Waals surface area (Å²) in [5, 5.41) is 9.58. The second-order valence-electron chi connectivity index (χ2n) is 7.33. The molecule has 3 N–H and O–H groups in total. The van der Waals surface area contributed by atoms with E-state index in [1.165, 1.54) is 12.1 Å². The molecule has 0 aliphatic heterocycles. The molecule has 0 saturated carbocycles. The van der Waals surface area contributed by atoms with Gasteiger partial charge in [-0.2, -0.15) is 0 Å². The summed E-state index contributed by atoms with van der Waals surface area (Å²) < 4.78 is 34.4. The largest absolute Gasteiger partial charge is 0.490 e. The molecule has 34 heavy (non-hydrogen) atoms. The first kappa shape index (κ1) is 28.2. The van der Waals surface area contributed by atoms with Gasteiger partial charge in [0.1, 0.15) is 6.61 Å². The quantitative estimate of drug-likeness (QED) is 0.316. The van der Waals surface area contributed by atoms with Crippen LogP contribution in [0.2, 0.25) is 10.0 Å². The van der Waals surface area contributed by atoms with Crippen LogP contribution in [-0.2, 0) is 29.6 Å². The van der Waals surface area contributed by atoms with Crippen LogP contribution in [0.25, 0.3) is 0 Å². The fraction of sp³-hybridized carbons (Fsp3) is 0.250. The molecule has 0 unspecified atom stereocenters. The van der Waals surface area contributed by atoms with E-state index in [0.717, 1.165) is 23.1 Å². The SMILES string of the molecule is CCOc1cc(CNCCc2ccc(S(N)(=O)=O)cc2)cc(Cl)c1OCc1ccccc1Cl.Cl. The number of ether oxygens (including phenoxy) is 2. The molecule has 10 heteroatoms. The Morgan fingerprint density at radius 2 is 1.65 bits per heavy atom. The fourth-order valence-electron chi connectivity index (χ4n) is 3.20. The molecule has 0 atom stereocenters. The number of nitrogens with one attached hydrogen (secondary N) is 1. The lowest BCUT2D eigenvalue weighted by molar-refractivity contribution is 0.269. The highest BCUT2D eigenvalue weighted by Gasteiger charge is 2.14. The van der Waals surface area contributed by atoms with E-state index in [-0.39, 0.29) is 23.9 Å². The molecule has 6 nitrogen and oxygen atoms in total. The predicted molar refractivity (Wildman–Crippen MR) is 139 cm³/mol. The van der Waals surface area contributed by atoms with E-state index in [2.05, 4.69) is 5.32 Å². The zero-order valence-corrected chi connectivity index (χ0v) is 21.7. The molecule has 3 aromatic carbocycles. The lowest BCUT2D eigenvalue weighted by Crippen LogP contribution is -2.17. The summed E-state index contributed by atoms with van der Waals surface area (Å²) in [4.78, 5) is 0.106. The molecule has 0 aromatic heterocycles. The van der Waals surface area contributed by atoms with Crippen molar-refractivity contribution < 1.29 is 17.9 Å². The summed E-state index contributed by atoms with van der Waals surface area (Å²) in [6, 6.07) is 17.8. The van der Waals surface area contributed by atoms with Crippen molar-refractivity contribution in [3.8, 4) is 11.5 Å². The summed E-state index contributed by atoms with van der Waals surface area (Å²) in [6.45, 7) is 3.93. The van der Waals surface area contributed by atoms with Crippen molar-refractivity contribution in [1.29, 1.82) is 0 Å². The van der Waals surface area contributed by atoms with Crippen molar-refractivity contribution >= 4 is 45.6 Å². The Balaban J connectivity index is 0.00000408. The molecule has 0 aliphatic rings. The molecule has 0 amide bonds. The second kappa shape index (κ2) is 13.2. The van der Waals surface area contributed by atoms with E-state index >= 15 is 0 Å². The number of benzene rings is 3. The maximum Gasteiger partial charge on any atom is 0.238 e. The van der Waals surface area contributed by atoms with Gasteiger partial charge >= 0.3 is 0 Å². The Labute approximate surface area is 216 Å². The Bertz CT molecular complexity index is 1190. The number of hydrogen-bond acceptors (Lipinski definition) is 5. The van der Waals surface area contributed by atoms with Crippen LogP contribution in [-0.4, -0.2) is 21.6 Å². The zero-order valence-electron chi connectivity index (χ0n) is 18.6. The van der Waals surface area contributed by atoms with Crippen LogP contribution >= 0.6 is 35.6 Å². The maximum absolute atomic E-state index is 11.3. The van der Waals surface area contributed by atoms with Gasteiger partial charge in [-0.05, 0) is 61.3 Å². The van der Waals surface area contributed by atoms with Gasteiger partial charge in [-0.3, -0.25) is 0 Å². The van der Waals surface area contributed by atoms with Crippen LogP contribution in [0, 0.1) is 0 Å². The van der Waals surface area contributed by atoms with Crippen LogP contribution in [0.5, 0.6) is 11.5 Å². The first-order valence-electron chi connectivity index (χ1n) is 10.4. The second-order valence-corrected chi connectivity index (χ2v) is 9.71. The Morgan fingerprint density at radius 1 is 0.941 bits per heavy atom. The van der Waals surface area contributed by atoms with Crippen LogP contribution in [0.4, 0.5) is 0 Å². The molecule has 3 aromatic rings. The molecule has 0 heterocycles.